The van der Waals surface area contributed by atoms with Gasteiger partial charge in [-0.25, -0.2) is 17.9 Å². The van der Waals surface area contributed by atoms with E-state index in [1.165, 1.54) is 11.3 Å². The third-order valence-electron chi connectivity index (χ3n) is 4.65. The number of esters is 1. The van der Waals surface area contributed by atoms with Crippen molar-refractivity contribution in [2.75, 3.05) is 26.2 Å². The highest BCUT2D eigenvalue weighted by Gasteiger charge is 2.29. The van der Waals surface area contributed by atoms with E-state index in [-0.39, 0.29) is 28.7 Å². The molecule has 0 spiro atoms. The van der Waals surface area contributed by atoms with Crippen LogP contribution in [0.3, 0.4) is 0 Å². The molecule has 1 saturated heterocycles. The number of halogens is 1. The highest BCUT2D eigenvalue weighted by Crippen LogP contribution is 2.29. The van der Waals surface area contributed by atoms with E-state index >= 15 is 0 Å². The van der Waals surface area contributed by atoms with Gasteiger partial charge in [-0.15, -0.1) is 23.7 Å². The molecular formula is C18H25ClN2O4S2. The standard InChI is InChI=1S/C18H24N2O4S2.ClH/c1-3-24-17(21)16-10-13-9-14(5-6-15(13)25-16)26(22,23)20-12-18(2)7-4-8-19-11-18;/h5-6,9-10,19-20H,3-4,7-8,11-12H2,1-2H3;1H. The molecule has 1 atom stereocenters. The minimum atomic E-state index is -3.60. The number of fused-ring (bicyclic) bond motifs is 1. The molecule has 1 aliphatic heterocycles. The lowest BCUT2D eigenvalue weighted by molar-refractivity contribution is 0.0532. The molecule has 0 saturated carbocycles. The average Bonchev–Trinajstić information content (AvgIpc) is 3.05. The Kier molecular flexibility index (Phi) is 7.27. The second-order valence-electron chi connectivity index (χ2n) is 6.95. The molecule has 9 heteroatoms. The maximum absolute atomic E-state index is 12.7. The first kappa shape index (κ1) is 22.1. The number of hydrogen-bond acceptors (Lipinski definition) is 6. The minimum Gasteiger partial charge on any atom is -0.462 e. The maximum atomic E-state index is 12.7. The summed E-state index contributed by atoms with van der Waals surface area (Å²) in [6.45, 7) is 6.35. The zero-order valence-electron chi connectivity index (χ0n) is 15.4. The number of hydrogen-bond donors (Lipinski definition) is 2. The number of sulfonamides is 1. The molecule has 1 fully saturated rings. The molecule has 3 rings (SSSR count). The smallest absolute Gasteiger partial charge is 0.348 e. The second kappa shape index (κ2) is 8.87. The fourth-order valence-electron chi connectivity index (χ4n) is 3.11. The van der Waals surface area contributed by atoms with Gasteiger partial charge in [0.15, 0.2) is 0 Å². The van der Waals surface area contributed by atoms with Gasteiger partial charge in [-0.2, -0.15) is 0 Å². The van der Waals surface area contributed by atoms with Gasteiger partial charge in [-0.05, 0) is 61.4 Å². The van der Waals surface area contributed by atoms with Crippen molar-refractivity contribution in [1.29, 1.82) is 0 Å². The molecule has 0 aliphatic carbocycles. The van der Waals surface area contributed by atoms with Crippen molar-refractivity contribution >= 4 is 49.8 Å². The summed E-state index contributed by atoms with van der Waals surface area (Å²) in [7, 11) is -3.60. The molecule has 150 valence electrons. The van der Waals surface area contributed by atoms with E-state index in [4.69, 9.17) is 4.74 Å². The predicted molar refractivity (Wildman–Crippen MR) is 110 cm³/mol. The predicted octanol–water partition coefficient (Wildman–Crippen LogP) is 3.17. The van der Waals surface area contributed by atoms with Gasteiger partial charge in [-0.1, -0.05) is 6.92 Å². The number of rotatable bonds is 6. The van der Waals surface area contributed by atoms with Gasteiger partial charge >= 0.3 is 5.97 Å². The van der Waals surface area contributed by atoms with Crippen molar-refractivity contribution in [3.05, 3.63) is 29.1 Å². The summed E-state index contributed by atoms with van der Waals surface area (Å²) >= 11 is 1.30. The molecule has 1 aromatic heterocycles. The Labute approximate surface area is 170 Å². The van der Waals surface area contributed by atoms with Gasteiger partial charge in [0.25, 0.3) is 0 Å². The first-order valence-electron chi connectivity index (χ1n) is 8.74. The van der Waals surface area contributed by atoms with Crippen LogP contribution in [0.5, 0.6) is 0 Å². The number of piperidine rings is 1. The van der Waals surface area contributed by atoms with Crippen molar-refractivity contribution in [1.82, 2.24) is 10.0 Å². The number of benzene rings is 1. The van der Waals surface area contributed by atoms with Crippen LogP contribution in [-0.2, 0) is 14.8 Å². The van der Waals surface area contributed by atoms with Gasteiger partial charge in [0, 0.05) is 17.8 Å². The number of nitrogens with one attached hydrogen (secondary N) is 2. The molecule has 27 heavy (non-hydrogen) atoms. The summed E-state index contributed by atoms with van der Waals surface area (Å²) in [5.74, 6) is -0.381. The van der Waals surface area contributed by atoms with Gasteiger partial charge in [0.1, 0.15) is 4.88 Å². The third kappa shape index (κ3) is 5.20. The molecule has 1 unspecified atom stereocenters. The molecule has 1 aliphatic rings. The molecule has 2 heterocycles. The molecule has 2 N–H and O–H groups in total. The Morgan fingerprint density at radius 2 is 2.15 bits per heavy atom. The summed E-state index contributed by atoms with van der Waals surface area (Å²) in [6, 6.07) is 6.61. The van der Waals surface area contributed by atoms with Crippen molar-refractivity contribution in [3.8, 4) is 0 Å². The van der Waals surface area contributed by atoms with E-state index in [1.807, 2.05) is 0 Å². The number of carbonyl (C=O) groups excluding carboxylic acids is 1. The van der Waals surface area contributed by atoms with Crippen LogP contribution in [0, 0.1) is 5.41 Å². The molecule has 2 aromatic rings. The van der Waals surface area contributed by atoms with Crippen molar-refractivity contribution < 1.29 is 17.9 Å². The largest absolute Gasteiger partial charge is 0.462 e. The highest BCUT2D eigenvalue weighted by atomic mass is 35.5. The van der Waals surface area contributed by atoms with Crippen LogP contribution in [0.2, 0.25) is 0 Å². The topological polar surface area (TPSA) is 84.5 Å². The Hall–Kier alpha value is -1.19. The van der Waals surface area contributed by atoms with Crippen LogP contribution in [0.15, 0.2) is 29.2 Å². The lowest BCUT2D eigenvalue weighted by Crippen LogP contribution is -2.45. The van der Waals surface area contributed by atoms with Crippen LogP contribution in [0.4, 0.5) is 0 Å². The number of ether oxygens (including phenoxy) is 1. The average molecular weight is 433 g/mol. The summed E-state index contributed by atoms with van der Waals surface area (Å²) in [5.41, 5.74) is -0.0745. The van der Waals surface area contributed by atoms with E-state index in [1.54, 1.807) is 31.2 Å². The molecule has 0 amide bonds. The second-order valence-corrected chi connectivity index (χ2v) is 9.80. The maximum Gasteiger partial charge on any atom is 0.348 e. The van der Waals surface area contributed by atoms with Gasteiger partial charge < -0.3 is 10.1 Å². The van der Waals surface area contributed by atoms with Crippen LogP contribution in [0.1, 0.15) is 36.4 Å². The molecule has 0 radical (unpaired) electrons. The molecule has 0 bridgehead atoms. The minimum absolute atomic E-state index is 0. The first-order chi connectivity index (χ1) is 12.3. The van der Waals surface area contributed by atoms with E-state index in [0.29, 0.717) is 18.0 Å². The highest BCUT2D eigenvalue weighted by molar-refractivity contribution is 7.89. The lowest BCUT2D eigenvalue weighted by Gasteiger charge is -2.34. The Balaban J connectivity index is 0.00000261. The SMILES string of the molecule is CCOC(=O)c1cc2cc(S(=O)(=O)NCC3(C)CCCNC3)ccc2s1.Cl. The van der Waals surface area contributed by atoms with Gasteiger partial charge in [-0.3, -0.25) is 0 Å². The van der Waals surface area contributed by atoms with E-state index in [9.17, 15) is 13.2 Å². The Morgan fingerprint density at radius 3 is 2.81 bits per heavy atom. The fourth-order valence-corrected chi connectivity index (χ4v) is 5.28. The van der Waals surface area contributed by atoms with Crippen molar-refractivity contribution in [3.63, 3.8) is 0 Å². The van der Waals surface area contributed by atoms with Crippen molar-refractivity contribution in [2.24, 2.45) is 5.41 Å². The van der Waals surface area contributed by atoms with Crippen LogP contribution in [-0.4, -0.2) is 40.6 Å². The molecule has 1 aromatic carbocycles. The quantitative estimate of drug-likeness (QED) is 0.685. The van der Waals surface area contributed by atoms with E-state index in [2.05, 4.69) is 17.0 Å². The normalized spacial score (nSPS) is 20.2. The van der Waals surface area contributed by atoms with E-state index < -0.39 is 10.0 Å². The van der Waals surface area contributed by atoms with Crippen LogP contribution < -0.4 is 10.0 Å². The zero-order valence-corrected chi connectivity index (χ0v) is 17.9. The van der Waals surface area contributed by atoms with Crippen LogP contribution >= 0.6 is 23.7 Å². The summed E-state index contributed by atoms with van der Waals surface area (Å²) in [5, 5.41) is 4.05. The summed E-state index contributed by atoms with van der Waals surface area (Å²) in [4.78, 5) is 12.6. The fraction of sp³-hybridized carbons (Fsp3) is 0.500. The number of thiophene rings is 1. The summed E-state index contributed by atoms with van der Waals surface area (Å²) < 4.78 is 34.0. The third-order valence-corrected chi connectivity index (χ3v) is 7.14. The Bertz CT molecular complexity index is 905. The van der Waals surface area contributed by atoms with E-state index in [0.717, 1.165) is 36.0 Å². The molecular weight excluding hydrogens is 408 g/mol. The first-order valence-corrected chi connectivity index (χ1v) is 11.0. The molecule has 6 nitrogen and oxygen atoms in total. The Morgan fingerprint density at radius 1 is 1.37 bits per heavy atom. The lowest BCUT2D eigenvalue weighted by atomic mass is 9.83. The zero-order chi connectivity index (χ0) is 18.8. The van der Waals surface area contributed by atoms with Crippen LogP contribution in [0.25, 0.3) is 10.1 Å². The van der Waals surface area contributed by atoms with Crippen molar-refractivity contribution in [2.45, 2.75) is 31.6 Å². The monoisotopic (exact) mass is 432 g/mol. The summed E-state index contributed by atoms with van der Waals surface area (Å²) in [6.07, 6.45) is 2.05. The van der Waals surface area contributed by atoms with Gasteiger partial charge in [0.2, 0.25) is 10.0 Å². The van der Waals surface area contributed by atoms with Gasteiger partial charge in [0.05, 0.1) is 11.5 Å². The number of carbonyl (C=O) groups is 1.